The number of hydrogen-bond donors (Lipinski definition) is 0. The lowest BCUT2D eigenvalue weighted by molar-refractivity contribution is -0.137. The zero-order valence-electron chi connectivity index (χ0n) is 13.8. The third-order valence-electron chi connectivity index (χ3n) is 4.09. The van der Waals surface area contributed by atoms with Crippen LogP contribution in [0.5, 0.6) is 0 Å². The van der Waals surface area contributed by atoms with Gasteiger partial charge in [0, 0.05) is 27.7 Å². The quantitative estimate of drug-likeness (QED) is 0.823. The lowest BCUT2D eigenvalue weighted by Gasteiger charge is -2.19. The minimum absolute atomic E-state index is 0.177. The van der Waals surface area contributed by atoms with Crippen molar-refractivity contribution in [3.8, 4) is 0 Å². The van der Waals surface area contributed by atoms with Crippen molar-refractivity contribution in [2.75, 3.05) is 16.8 Å². The summed E-state index contributed by atoms with van der Waals surface area (Å²) >= 11 is 0. The minimum Gasteiger partial charge on any atom is -0.337 e. The van der Waals surface area contributed by atoms with Crippen molar-refractivity contribution in [3.05, 3.63) is 62.9 Å². The third-order valence-corrected chi connectivity index (χ3v) is 4.09. The lowest BCUT2D eigenvalue weighted by atomic mass is 10.1. The molecule has 9 heteroatoms. The summed E-state index contributed by atoms with van der Waals surface area (Å²) < 4.78 is 40.3. The Hall–Kier alpha value is -2.71. The molecule has 25 heavy (non-hydrogen) atoms. The molecule has 0 spiro atoms. The highest BCUT2D eigenvalue weighted by atomic mass is 19.4. The van der Waals surface area contributed by atoms with Crippen molar-refractivity contribution in [2.45, 2.75) is 12.7 Å². The predicted octanol–water partition coefficient (Wildman–Crippen LogP) is 1.56. The molecule has 1 aliphatic heterocycles. The summed E-state index contributed by atoms with van der Waals surface area (Å²) in [6, 6.07) is 4.72. The van der Waals surface area contributed by atoms with Crippen LogP contribution < -0.4 is 21.0 Å². The summed E-state index contributed by atoms with van der Waals surface area (Å²) in [6.45, 7) is 3.10. The molecule has 2 radical (unpaired) electrons. The maximum absolute atomic E-state index is 12.6. The molecule has 1 aromatic carbocycles. The smallest absolute Gasteiger partial charge is 0.337 e. The van der Waals surface area contributed by atoms with E-state index in [2.05, 4.69) is 6.67 Å². The van der Waals surface area contributed by atoms with Crippen LogP contribution in [0.4, 0.5) is 24.7 Å². The first-order valence-electron chi connectivity index (χ1n) is 7.35. The Balaban J connectivity index is 1.98. The molecule has 0 amide bonds. The third kappa shape index (κ3) is 2.79. The Bertz CT molecular complexity index is 929. The summed E-state index contributed by atoms with van der Waals surface area (Å²) in [5.41, 5.74) is -0.794. The van der Waals surface area contributed by atoms with E-state index < -0.39 is 23.0 Å². The molecule has 132 valence electrons. The molecule has 0 unspecified atom stereocenters. The average Bonchev–Trinajstić information content (AvgIpc) is 2.86. The molecule has 1 aromatic heterocycles. The van der Waals surface area contributed by atoms with Crippen LogP contribution in [0.25, 0.3) is 0 Å². The maximum atomic E-state index is 12.6. The highest BCUT2D eigenvalue weighted by Crippen LogP contribution is 2.34. The van der Waals surface area contributed by atoms with Crippen LogP contribution in [-0.4, -0.2) is 16.2 Å². The van der Waals surface area contributed by atoms with Crippen LogP contribution in [0.2, 0.25) is 0 Å². The molecule has 2 aromatic rings. The van der Waals surface area contributed by atoms with Crippen LogP contribution in [0.15, 0.2) is 33.9 Å². The van der Waals surface area contributed by atoms with E-state index in [1.54, 1.807) is 11.9 Å². The number of benzene rings is 1. The molecule has 3 rings (SSSR count). The number of nitrogens with zero attached hydrogens (tertiary/aromatic N) is 4. The molecular formula is C16H15F3N4O2. The van der Waals surface area contributed by atoms with Crippen molar-refractivity contribution in [3.63, 3.8) is 0 Å². The Morgan fingerprint density at radius 1 is 1.00 bits per heavy atom. The SMILES string of the molecule is CN1[C]N(Cc2ccc(C(F)(F)F)cc2)c2c1c(=O)n(C)c(=O)n2C. The number of fused-ring (bicyclic) bond motifs is 1. The van der Waals surface area contributed by atoms with Gasteiger partial charge in [0.2, 0.25) is 6.67 Å². The molecule has 0 atom stereocenters. The number of aromatic nitrogens is 2. The standard InChI is InChI=1S/C16H15F3N4O2/c1-20-9-23(8-10-4-6-11(7-5-10)16(17,18)19)13-12(20)14(24)22(3)15(25)21(13)2/h4-7H,8H2,1-3H3. The van der Waals surface area contributed by atoms with Gasteiger partial charge in [-0.25, -0.2) is 4.79 Å². The zero-order valence-corrected chi connectivity index (χ0v) is 13.8. The first-order valence-corrected chi connectivity index (χ1v) is 7.35. The van der Waals surface area contributed by atoms with Crippen LogP contribution in [-0.2, 0) is 26.8 Å². The normalized spacial score (nSPS) is 14.2. The summed E-state index contributed by atoms with van der Waals surface area (Å²) in [5, 5.41) is 0. The number of halogens is 3. The lowest BCUT2D eigenvalue weighted by Crippen LogP contribution is -2.39. The van der Waals surface area contributed by atoms with Crippen molar-refractivity contribution >= 4 is 11.5 Å². The second-order valence-electron chi connectivity index (χ2n) is 5.82. The van der Waals surface area contributed by atoms with Gasteiger partial charge in [-0.15, -0.1) is 0 Å². The minimum atomic E-state index is -4.40. The highest BCUT2D eigenvalue weighted by Gasteiger charge is 2.33. The monoisotopic (exact) mass is 352 g/mol. The van der Waals surface area contributed by atoms with E-state index in [4.69, 9.17) is 0 Å². The van der Waals surface area contributed by atoms with Gasteiger partial charge in [-0.05, 0) is 17.7 Å². The molecule has 6 nitrogen and oxygen atoms in total. The van der Waals surface area contributed by atoms with Crippen molar-refractivity contribution in [1.29, 1.82) is 0 Å². The summed E-state index contributed by atoms with van der Waals surface area (Å²) in [6.07, 6.45) is -4.40. The van der Waals surface area contributed by atoms with Gasteiger partial charge in [-0.1, -0.05) is 12.1 Å². The topological polar surface area (TPSA) is 50.5 Å². The molecule has 0 saturated carbocycles. The van der Waals surface area contributed by atoms with Gasteiger partial charge in [0.1, 0.15) is 11.5 Å². The number of hydrogen-bond acceptors (Lipinski definition) is 4. The first-order chi connectivity index (χ1) is 11.6. The Labute approximate surface area is 141 Å². The van der Waals surface area contributed by atoms with Gasteiger partial charge in [-0.3, -0.25) is 13.9 Å². The fraction of sp³-hybridized carbons (Fsp3) is 0.312. The second kappa shape index (κ2) is 5.68. The average molecular weight is 352 g/mol. The first kappa shape index (κ1) is 17.1. The Morgan fingerprint density at radius 3 is 2.16 bits per heavy atom. The van der Waals surface area contributed by atoms with E-state index in [0.717, 1.165) is 16.7 Å². The van der Waals surface area contributed by atoms with Crippen LogP contribution >= 0.6 is 0 Å². The summed E-state index contributed by atoms with van der Waals surface area (Å²) in [7, 11) is 4.54. The molecular weight excluding hydrogens is 337 g/mol. The molecule has 0 N–H and O–H groups in total. The van der Waals surface area contributed by atoms with E-state index in [-0.39, 0.29) is 12.2 Å². The van der Waals surface area contributed by atoms with E-state index in [9.17, 15) is 22.8 Å². The molecule has 2 heterocycles. The van der Waals surface area contributed by atoms with Gasteiger partial charge in [0.25, 0.3) is 5.56 Å². The maximum Gasteiger partial charge on any atom is 0.416 e. The van der Waals surface area contributed by atoms with E-state index in [0.29, 0.717) is 11.4 Å². The zero-order chi connectivity index (χ0) is 18.5. The van der Waals surface area contributed by atoms with Gasteiger partial charge in [-0.2, -0.15) is 13.2 Å². The largest absolute Gasteiger partial charge is 0.416 e. The van der Waals surface area contributed by atoms with Crippen molar-refractivity contribution in [2.24, 2.45) is 14.1 Å². The highest BCUT2D eigenvalue weighted by molar-refractivity contribution is 5.74. The fourth-order valence-electron chi connectivity index (χ4n) is 2.79. The molecule has 0 bridgehead atoms. The van der Waals surface area contributed by atoms with Crippen LogP contribution in [0.1, 0.15) is 11.1 Å². The summed E-state index contributed by atoms with van der Waals surface area (Å²) in [5.74, 6) is 0.357. The van der Waals surface area contributed by atoms with Crippen molar-refractivity contribution < 1.29 is 13.2 Å². The molecule has 1 aliphatic rings. The number of anilines is 2. The fourth-order valence-corrected chi connectivity index (χ4v) is 2.79. The van der Waals surface area contributed by atoms with E-state index >= 15 is 0 Å². The van der Waals surface area contributed by atoms with Gasteiger partial charge >= 0.3 is 11.9 Å². The molecule has 0 aliphatic carbocycles. The summed E-state index contributed by atoms with van der Waals surface area (Å²) in [4.78, 5) is 27.5. The van der Waals surface area contributed by atoms with Crippen LogP contribution in [0, 0.1) is 6.67 Å². The molecule has 0 saturated heterocycles. The van der Waals surface area contributed by atoms with Gasteiger partial charge in [0.05, 0.1) is 5.56 Å². The Morgan fingerprint density at radius 2 is 1.60 bits per heavy atom. The number of alkyl halides is 3. The van der Waals surface area contributed by atoms with Gasteiger partial charge in [0.15, 0.2) is 0 Å². The van der Waals surface area contributed by atoms with Crippen molar-refractivity contribution in [1.82, 2.24) is 9.13 Å². The second-order valence-corrected chi connectivity index (χ2v) is 5.82. The Kier molecular flexibility index (Phi) is 3.89. The predicted molar refractivity (Wildman–Crippen MR) is 86.2 cm³/mol. The molecule has 0 fully saturated rings. The van der Waals surface area contributed by atoms with E-state index in [1.807, 2.05) is 0 Å². The number of rotatable bonds is 2. The van der Waals surface area contributed by atoms with E-state index in [1.165, 1.54) is 35.7 Å². The van der Waals surface area contributed by atoms with Crippen LogP contribution in [0.3, 0.4) is 0 Å². The van der Waals surface area contributed by atoms with Gasteiger partial charge < -0.3 is 9.80 Å².